The number of hydrogen-bond acceptors (Lipinski definition) is 4. The average Bonchev–Trinajstić information content (AvgIpc) is 2.47. The van der Waals surface area contributed by atoms with Crippen LogP contribution in [-0.2, 0) is 18.4 Å². The first kappa shape index (κ1) is 24.3. The fourth-order valence-corrected chi connectivity index (χ4v) is 4.92. The van der Waals surface area contributed by atoms with Crippen LogP contribution in [-0.4, -0.2) is 41.9 Å². The summed E-state index contributed by atoms with van der Waals surface area (Å²) >= 11 is 0. The number of hydrogen-bond donors (Lipinski definition) is 0. The normalized spacial score (nSPS) is 22.5. The van der Waals surface area contributed by atoms with Crippen LogP contribution in [0, 0.1) is 0 Å². The number of rotatable bonds is 5. The quantitative estimate of drug-likeness (QED) is 0.324. The number of carbonyl (C=O) groups excluding carboxylic acids is 1. The molecular formula is C21H40O4Si2. The summed E-state index contributed by atoms with van der Waals surface area (Å²) in [5, 5.41) is 0.148. The summed E-state index contributed by atoms with van der Waals surface area (Å²) in [6.45, 7) is 26.5. The Hall–Kier alpha value is -0.696. The molecule has 6 heteroatoms. The molecule has 0 aromatic rings. The molecule has 1 aliphatic carbocycles. The van der Waals surface area contributed by atoms with Gasteiger partial charge in [-0.1, -0.05) is 48.1 Å². The van der Waals surface area contributed by atoms with Crippen molar-refractivity contribution in [1.29, 1.82) is 0 Å². The minimum atomic E-state index is -2.04. The molecule has 0 aliphatic heterocycles. The lowest BCUT2D eigenvalue weighted by atomic mass is 9.91. The molecule has 2 atom stereocenters. The maximum absolute atomic E-state index is 12.3. The van der Waals surface area contributed by atoms with E-state index in [0.29, 0.717) is 12.0 Å². The summed E-state index contributed by atoms with van der Waals surface area (Å²) in [6, 6.07) is 0. The number of ether oxygens (including phenoxy) is 1. The van der Waals surface area contributed by atoms with E-state index >= 15 is 0 Å². The molecule has 4 nitrogen and oxygen atoms in total. The lowest BCUT2D eigenvalue weighted by Gasteiger charge is -2.44. The molecule has 0 saturated heterocycles. The average molecular weight is 413 g/mol. The molecule has 0 saturated carbocycles. The molecule has 0 radical (unpaired) electrons. The molecule has 1 rings (SSSR count). The summed E-state index contributed by atoms with van der Waals surface area (Å²) < 4.78 is 18.2. The van der Waals surface area contributed by atoms with E-state index in [-0.39, 0.29) is 28.3 Å². The van der Waals surface area contributed by atoms with Gasteiger partial charge in [-0.05, 0) is 47.9 Å². The van der Waals surface area contributed by atoms with Crippen LogP contribution in [0.2, 0.25) is 36.3 Å². The van der Waals surface area contributed by atoms with E-state index in [4.69, 9.17) is 13.6 Å². The second-order valence-corrected chi connectivity index (χ2v) is 20.1. The molecule has 1 aliphatic rings. The highest BCUT2D eigenvalue weighted by Crippen LogP contribution is 2.42. The van der Waals surface area contributed by atoms with Crippen LogP contribution in [0.3, 0.4) is 0 Å². The van der Waals surface area contributed by atoms with Gasteiger partial charge < -0.3 is 13.6 Å². The Morgan fingerprint density at radius 3 is 1.85 bits per heavy atom. The van der Waals surface area contributed by atoms with Crippen molar-refractivity contribution in [3.8, 4) is 0 Å². The maximum atomic E-state index is 12.3. The van der Waals surface area contributed by atoms with Gasteiger partial charge in [0.2, 0.25) is 0 Å². The number of carbonyl (C=O) groups is 1. The Balaban J connectivity index is 3.23. The highest BCUT2D eigenvalue weighted by atomic mass is 28.4. The minimum Gasteiger partial charge on any atom is -0.466 e. The molecule has 0 bridgehead atoms. The number of methoxy groups -OCH3 is 1. The highest BCUT2D eigenvalue weighted by molar-refractivity contribution is 6.74. The standard InChI is InChI=1S/C21H40O4Si2/c1-15-17(24-26(9,10)20(2,3)4)13-16(19(22)23-8)14-18(15)25-27(11,12)21(5,6)7/h13,17-18H,1,14H2,2-12H3. The van der Waals surface area contributed by atoms with Crippen molar-refractivity contribution in [1.82, 2.24) is 0 Å². The van der Waals surface area contributed by atoms with E-state index in [2.05, 4.69) is 74.3 Å². The summed E-state index contributed by atoms with van der Waals surface area (Å²) in [7, 11) is -2.64. The first-order valence-electron chi connectivity index (χ1n) is 9.76. The third-order valence-corrected chi connectivity index (χ3v) is 15.4. The SMILES string of the molecule is C=C1C(O[Si](C)(C)C(C)(C)C)C=C(C(=O)OC)CC1O[Si](C)(C)C(C)(C)C. The van der Waals surface area contributed by atoms with Crippen molar-refractivity contribution in [2.45, 2.75) is 96.4 Å². The largest absolute Gasteiger partial charge is 0.466 e. The molecule has 156 valence electrons. The molecule has 0 amide bonds. The zero-order valence-electron chi connectivity index (χ0n) is 19.3. The third-order valence-electron chi connectivity index (χ3n) is 6.46. The fraction of sp³-hybridized carbons (Fsp3) is 0.762. The third kappa shape index (κ3) is 5.65. The van der Waals surface area contributed by atoms with Gasteiger partial charge in [0.1, 0.15) is 0 Å². The fourth-order valence-electron chi connectivity index (χ4n) is 2.41. The molecule has 0 fully saturated rings. The van der Waals surface area contributed by atoms with Gasteiger partial charge in [0, 0.05) is 12.0 Å². The molecule has 0 spiro atoms. The van der Waals surface area contributed by atoms with Crippen molar-refractivity contribution < 1.29 is 18.4 Å². The van der Waals surface area contributed by atoms with Crippen molar-refractivity contribution in [3.05, 3.63) is 23.8 Å². The van der Waals surface area contributed by atoms with Crippen LogP contribution in [0.4, 0.5) is 0 Å². The Labute approximate surface area is 168 Å². The molecule has 27 heavy (non-hydrogen) atoms. The second-order valence-electron chi connectivity index (χ2n) is 10.6. The topological polar surface area (TPSA) is 44.8 Å². The summed E-state index contributed by atoms with van der Waals surface area (Å²) in [5.74, 6) is -0.310. The van der Waals surface area contributed by atoms with Crippen LogP contribution < -0.4 is 0 Å². The molecule has 2 unspecified atom stereocenters. The molecule has 0 heterocycles. The zero-order chi connectivity index (χ0) is 21.4. The maximum Gasteiger partial charge on any atom is 0.333 e. The predicted molar refractivity (Wildman–Crippen MR) is 118 cm³/mol. The van der Waals surface area contributed by atoms with Gasteiger partial charge in [-0.3, -0.25) is 0 Å². The monoisotopic (exact) mass is 412 g/mol. The summed E-state index contributed by atoms with van der Waals surface area (Å²) in [4.78, 5) is 12.3. The first-order chi connectivity index (χ1) is 11.9. The molecule has 0 N–H and O–H groups in total. The Morgan fingerprint density at radius 2 is 1.44 bits per heavy atom. The van der Waals surface area contributed by atoms with Crippen LogP contribution in [0.5, 0.6) is 0 Å². The molecular weight excluding hydrogens is 372 g/mol. The first-order valence-corrected chi connectivity index (χ1v) is 15.6. The van der Waals surface area contributed by atoms with Crippen LogP contribution in [0.1, 0.15) is 48.0 Å². The Morgan fingerprint density at radius 1 is 1.00 bits per heavy atom. The van der Waals surface area contributed by atoms with E-state index in [0.717, 1.165) is 5.57 Å². The highest BCUT2D eigenvalue weighted by Gasteiger charge is 2.44. The van der Waals surface area contributed by atoms with Gasteiger partial charge in [0.05, 0.1) is 19.3 Å². The van der Waals surface area contributed by atoms with Gasteiger partial charge in [0.25, 0.3) is 0 Å². The van der Waals surface area contributed by atoms with Crippen molar-refractivity contribution >= 4 is 22.6 Å². The van der Waals surface area contributed by atoms with Crippen molar-refractivity contribution in [3.63, 3.8) is 0 Å². The minimum absolute atomic E-state index is 0.0692. The van der Waals surface area contributed by atoms with Crippen LogP contribution >= 0.6 is 0 Å². The van der Waals surface area contributed by atoms with E-state index < -0.39 is 16.6 Å². The second kappa shape index (κ2) is 7.97. The van der Waals surface area contributed by atoms with Gasteiger partial charge in [0.15, 0.2) is 16.6 Å². The Kier molecular flexibility index (Phi) is 7.19. The van der Waals surface area contributed by atoms with Crippen LogP contribution in [0.15, 0.2) is 23.8 Å². The Bertz CT molecular complexity index is 607. The van der Waals surface area contributed by atoms with Gasteiger partial charge in [-0.25, -0.2) is 4.79 Å². The van der Waals surface area contributed by atoms with E-state index in [1.807, 2.05) is 6.08 Å². The van der Waals surface area contributed by atoms with E-state index in [1.165, 1.54) is 7.11 Å². The van der Waals surface area contributed by atoms with Crippen LogP contribution in [0.25, 0.3) is 0 Å². The number of esters is 1. The molecule has 0 aromatic carbocycles. The predicted octanol–water partition coefficient (Wildman–Crippen LogP) is 5.83. The van der Waals surface area contributed by atoms with Gasteiger partial charge in [-0.15, -0.1) is 0 Å². The van der Waals surface area contributed by atoms with Gasteiger partial charge in [-0.2, -0.15) is 0 Å². The summed E-state index contributed by atoms with van der Waals surface area (Å²) in [6.07, 6.45) is 1.85. The van der Waals surface area contributed by atoms with Gasteiger partial charge >= 0.3 is 5.97 Å². The van der Waals surface area contributed by atoms with Crippen molar-refractivity contribution in [2.75, 3.05) is 7.11 Å². The zero-order valence-corrected chi connectivity index (χ0v) is 21.3. The smallest absolute Gasteiger partial charge is 0.333 e. The van der Waals surface area contributed by atoms with Crippen molar-refractivity contribution in [2.24, 2.45) is 0 Å². The summed E-state index contributed by atoms with van der Waals surface area (Å²) in [5.41, 5.74) is 1.54. The lowest BCUT2D eigenvalue weighted by molar-refractivity contribution is -0.136. The van der Waals surface area contributed by atoms with E-state index in [1.54, 1.807) is 0 Å². The molecule has 0 aromatic heterocycles. The van der Waals surface area contributed by atoms with E-state index in [9.17, 15) is 4.79 Å². The lowest BCUT2D eigenvalue weighted by Crippen LogP contribution is -2.49.